The van der Waals surface area contributed by atoms with E-state index in [0.717, 1.165) is 51.5 Å². The molecule has 0 aliphatic carbocycles. The summed E-state index contributed by atoms with van der Waals surface area (Å²) in [5.74, 6) is 0.208. The summed E-state index contributed by atoms with van der Waals surface area (Å²) in [7, 11) is 1.41. The molecule has 0 spiro atoms. The van der Waals surface area contributed by atoms with Crippen LogP contribution < -0.4 is 0 Å². The normalized spacial score (nSPS) is 18.7. The number of hydrogen-bond donors (Lipinski definition) is 1. The van der Waals surface area contributed by atoms with Crippen molar-refractivity contribution in [2.75, 3.05) is 13.7 Å². The first-order valence-electron chi connectivity index (χ1n) is 11.3. The molecule has 1 aliphatic rings. The molecule has 1 N–H and O–H groups in total. The van der Waals surface area contributed by atoms with Crippen molar-refractivity contribution in [3.63, 3.8) is 0 Å². The highest BCUT2D eigenvalue weighted by Crippen LogP contribution is 2.22. The standard InChI is InChI=1S/C25H37NO4/c1-20(13-14-21-10-6-5-7-11-21)23(27)17-15-22-16-18-24(28)26(22)19-9-4-3-8-12-25(29)30-2/h5-7,10-11,15,17,20,22-23,27H,3-4,8-9,12-14,16,18-19H2,1-2H3/t20-,22-,23+/m0/s1. The molecule has 1 aliphatic heterocycles. The molecule has 0 unspecified atom stereocenters. The van der Waals surface area contributed by atoms with E-state index in [1.165, 1.54) is 12.7 Å². The molecule has 1 saturated heterocycles. The van der Waals surface area contributed by atoms with Gasteiger partial charge in [-0.2, -0.15) is 0 Å². The Morgan fingerprint density at radius 2 is 1.97 bits per heavy atom. The number of unbranched alkanes of at least 4 members (excludes halogenated alkanes) is 3. The van der Waals surface area contributed by atoms with Crippen molar-refractivity contribution in [1.82, 2.24) is 4.90 Å². The van der Waals surface area contributed by atoms with E-state index in [0.29, 0.717) is 12.8 Å². The zero-order valence-corrected chi connectivity index (χ0v) is 18.5. The number of methoxy groups -OCH3 is 1. The third-order valence-corrected chi connectivity index (χ3v) is 5.98. The average Bonchev–Trinajstić information content (AvgIpc) is 3.12. The van der Waals surface area contributed by atoms with Crippen LogP contribution in [0.3, 0.4) is 0 Å². The van der Waals surface area contributed by atoms with Crippen molar-refractivity contribution in [2.24, 2.45) is 5.92 Å². The van der Waals surface area contributed by atoms with Crippen molar-refractivity contribution in [3.05, 3.63) is 48.0 Å². The molecule has 5 nitrogen and oxygen atoms in total. The minimum absolute atomic E-state index is 0.0866. The molecule has 0 aromatic heterocycles. The van der Waals surface area contributed by atoms with Crippen molar-refractivity contribution in [1.29, 1.82) is 0 Å². The van der Waals surface area contributed by atoms with Crippen LogP contribution in [0, 0.1) is 5.92 Å². The molecular weight excluding hydrogens is 378 g/mol. The summed E-state index contributed by atoms with van der Waals surface area (Å²) in [6.07, 6.45) is 10.9. The molecule has 0 saturated carbocycles. The molecule has 0 radical (unpaired) electrons. The van der Waals surface area contributed by atoms with E-state index in [1.54, 1.807) is 0 Å². The number of likely N-dealkylation sites (tertiary alicyclic amines) is 1. The second-order valence-corrected chi connectivity index (χ2v) is 8.31. The van der Waals surface area contributed by atoms with Crippen LogP contribution in [-0.2, 0) is 20.7 Å². The summed E-state index contributed by atoms with van der Waals surface area (Å²) in [6, 6.07) is 10.4. The molecule has 0 bridgehead atoms. The second kappa shape index (κ2) is 13.2. The lowest BCUT2D eigenvalue weighted by Crippen LogP contribution is -2.33. The first-order chi connectivity index (χ1) is 14.5. The van der Waals surface area contributed by atoms with Crippen LogP contribution in [0.2, 0.25) is 0 Å². The molecule has 1 fully saturated rings. The van der Waals surface area contributed by atoms with Crippen LogP contribution >= 0.6 is 0 Å². The lowest BCUT2D eigenvalue weighted by Gasteiger charge is -2.23. The molecule has 166 valence electrons. The molecule has 3 atom stereocenters. The highest BCUT2D eigenvalue weighted by atomic mass is 16.5. The number of aliphatic hydroxyl groups is 1. The highest BCUT2D eigenvalue weighted by Gasteiger charge is 2.28. The van der Waals surface area contributed by atoms with E-state index in [4.69, 9.17) is 0 Å². The maximum absolute atomic E-state index is 12.2. The molecular formula is C25H37NO4. The number of ether oxygens (including phenoxy) is 1. The van der Waals surface area contributed by atoms with E-state index < -0.39 is 6.10 Å². The zero-order valence-electron chi connectivity index (χ0n) is 18.5. The lowest BCUT2D eigenvalue weighted by molar-refractivity contribution is -0.140. The van der Waals surface area contributed by atoms with Crippen molar-refractivity contribution < 1.29 is 19.4 Å². The number of hydrogen-bond acceptors (Lipinski definition) is 4. The largest absolute Gasteiger partial charge is 0.469 e. The van der Waals surface area contributed by atoms with E-state index in [9.17, 15) is 14.7 Å². The number of aryl methyl sites for hydroxylation is 1. The predicted molar refractivity (Wildman–Crippen MR) is 119 cm³/mol. The van der Waals surface area contributed by atoms with Crippen molar-refractivity contribution in [3.8, 4) is 0 Å². The Hall–Kier alpha value is -2.14. The Labute approximate surface area is 181 Å². The van der Waals surface area contributed by atoms with Crippen LogP contribution in [-0.4, -0.2) is 47.7 Å². The number of nitrogens with zero attached hydrogens (tertiary/aromatic N) is 1. The van der Waals surface area contributed by atoms with Crippen molar-refractivity contribution >= 4 is 11.9 Å². The predicted octanol–water partition coefficient (Wildman–Crippen LogP) is 4.29. The fraction of sp³-hybridized carbons (Fsp3) is 0.600. The van der Waals surface area contributed by atoms with Gasteiger partial charge in [0.05, 0.1) is 19.3 Å². The van der Waals surface area contributed by atoms with Gasteiger partial charge in [0.1, 0.15) is 0 Å². The smallest absolute Gasteiger partial charge is 0.305 e. The summed E-state index contributed by atoms with van der Waals surface area (Å²) < 4.78 is 4.65. The zero-order chi connectivity index (χ0) is 21.8. The van der Waals surface area contributed by atoms with Gasteiger partial charge in [-0.05, 0) is 43.6 Å². The Balaban J connectivity index is 1.71. The van der Waals surface area contributed by atoms with Gasteiger partial charge in [-0.1, -0.05) is 62.2 Å². The SMILES string of the molecule is COC(=O)CCCCCCN1C(=O)CC[C@@H]1C=C[C@@H](O)[C@@H](C)CCc1ccccc1. The van der Waals surface area contributed by atoms with Gasteiger partial charge in [0.15, 0.2) is 0 Å². The number of benzene rings is 1. The van der Waals surface area contributed by atoms with Gasteiger partial charge in [0.2, 0.25) is 5.91 Å². The van der Waals surface area contributed by atoms with E-state index in [-0.39, 0.29) is 23.8 Å². The van der Waals surface area contributed by atoms with E-state index in [1.807, 2.05) is 35.3 Å². The van der Waals surface area contributed by atoms with Crippen LogP contribution in [0.15, 0.2) is 42.5 Å². The maximum atomic E-state index is 12.2. The fourth-order valence-corrected chi connectivity index (χ4v) is 3.90. The topological polar surface area (TPSA) is 66.8 Å². The van der Waals surface area contributed by atoms with Gasteiger partial charge in [0, 0.05) is 19.4 Å². The number of carbonyl (C=O) groups is 2. The molecule has 1 heterocycles. The average molecular weight is 416 g/mol. The molecule has 1 amide bonds. The molecule has 5 heteroatoms. The minimum atomic E-state index is -0.496. The van der Waals surface area contributed by atoms with Crippen LogP contribution in [0.1, 0.15) is 63.9 Å². The van der Waals surface area contributed by atoms with Crippen molar-refractivity contribution in [2.45, 2.75) is 76.9 Å². The van der Waals surface area contributed by atoms with E-state index >= 15 is 0 Å². The van der Waals surface area contributed by atoms with Gasteiger partial charge >= 0.3 is 5.97 Å². The highest BCUT2D eigenvalue weighted by molar-refractivity contribution is 5.79. The number of carbonyl (C=O) groups excluding carboxylic acids is 2. The van der Waals surface area contributed by atoms with E-state index in [2.05, 4.69) is 23.8 Å². The Bertz CT molecular complexity index is 673. The Kier molecular flexibility index (Phi) is 10.6. The third kappa shape index (κ3) is 8.31. The fourth-order valence-electron chi connectivity index (χ4n) is 3.90. The Morgan fingerprint density at radius 3 is 2.70 bits per heavy atom. The maximum Gasteiger partial charge on any atom is 0.305 e. The summed E-state index contributed by atoms with van der Waals surface area (Å²) >= 11 is 0. The minimum Gasteiger partial charge on any atom is -0.469 e. The quantitative estimate of drug-likeness (QED) is 0.297. The van der Waals surface area contributed by atoms with Gasteiger partial charge < -0.3 is 14.7 Å². The first kappa shape index (κ1) is 24.1. The number of esters is 1. The molecule has 1 aromatic carbocycles. The number of rotatable bonds is 13. The summed E-state index contributed by atoms with van der Waals surface area (Å²) in [5.41, 5.74) is 1.29. The second-order valence-electron chi connectivity index (χ2n) is 8.31. The lowest BCUT2D eigenvalue weighted by atomic mass is 9.95. The van der Waals surface area contributed by atoms with Gasteiger partial charge in [0.25, 0.3) is 0 Å². The van der Waals surface area contributed by atoms with Gasteiger partial charge in [-0.25, -0.2) is 0 Å². The molecule has 30 heavy (non-hydrogen) atoms. The molecule has 2 rings (SSSR count). The monoisotopic (exact) mass is 415 g/mol. The van der Waals surface area contributed by atoms with Crippen LogP contribution in [0.5, 0.6) is 0 Å². The van der Waals surface area contributed by atoms with Crippen LogP contribution in [0.25, 0.3) is 0 Å². The van der Waals surface area contributed by atoms with Gasteiger partial charge in [-0.15, -0.1) is 0 Å². The number of amides is 1. The third-order valence-electron chi connectivity index (χ3n) is 5.98. The van der Waals surface area contributed by atoms with Gasteiger partial charge in [-0.3, -0.25) is 9.59 Å². The molecule has 1 aromatic rings. The summed E-state index contributed by atoms with van der Waals surface area (Å²) in [5, 5.41) is 10.5. The van der Waals surface area contributed by atoms with Crippen LogP contribution in [0.4, 0.5) is 0 Å². The number of aliphatic hydroxyl groups excluding tert-OH is 1. The Morgan fingerprint density at radius 1 is 1.23 bits per heavy atom. The summed E-state index contributed by atoms with van der Waals surface area (Å²) in [6.45, 7) is 2.82. The first-order valence-corrected chi connectivity index (χ1v) is 11.3. The summed E-state index contributed by atoms with van der Waals surface area (Å²) in [4.78, 5) is 25.3.